The van der Waals surface area contributed by atoms with E-state index in [1.54, 1.807) is 12.1 Å². The zero-order valence-electron chi connectivity index (χ0n) is 18.9. The fraction of sp³-hybridized carbons (Fsp3) is 0.125. The lowest BCUT2D eigenvalue weighted by molar-refractivity contribution is -0.386. The number of esters is 1. The van der Waals surface area contributed by atoms with Gasteiger partial charge in [-0.2, -0.15) is 5.10 Å². The molecule has 0 radical (unpaired) electrons. The SMILES string of the molecule is COc1cc(/C=N\NC(=O)[C@@H](C)Oc2ccccc2[N+](=O)[O-])ccc1OC(=O)c1ccc(Cl)cc1Cl. The molecule has 0 aliphatic rings. The third-order valence-corrected chi connectivity index (χ3v) is 5.21. The molecule has 3 aromatic rings. The van der Waals surface area contributed by atoms with Gasteiger partial charge in [0.2, 0.25) is 0 Å². The van der Waals surface area contributed by atoms with Crippen LogP contribution in [0.1, 0.15) is 22.8 Å². The summed E-state index contributed by atoms with van der Waals surface area (Å²) >= 11 is 11.9. The fourth-order valence-corrected chi connectivity index (χ4v) is 3.36. The maximum absolute atomic E-state index is 12.5. The van der Waals surface area contributed by atoms with Crippen molar-refractivity contribution in [3.05, 3.63) is 92.0 Å². The number of nitrogens with one attached hydrogen (secondary N) is 1. The number of nitrogens with zero attached hydrogens (tertiary/aromatic N) is 2. The Bertz CT molecular complexity index is 1330. The fourth-order valence-electron chi connectivity index (χ4n) is 2.87. The van der Waals surface area contributed by atoms with Gasteiger partial charge in [-0.1, -0.05) is 35.3 Å². The summed E-state index contributed by atoms with van der Waals surface area (Å²) in [5.41, 5.74) is 2.69. The van der Waals surface area contributed by atoms with Gasteiger partial charge >= 0.3 is 11.7 Å². The zero-order chi connectivity index (χ0) is 26.2. The highest BCUT2D eigenvalue weighted by molar-refractivity contribution is 6.36. The number of carbonyl (C=O) groups excluding carboxylic acids is 2. The average molecular weight is 532 g/mol. The van der Waals surface area contributed by atoms with Crippen LogP contribution in [0.3, 0.4) is 0 Å². The normalized spacial score (nSPS) is 11.6. The number of hydrogen-bond donors (Lipinski definition) is 1. The molecule has 1 atom stereocenters. The summed E-state index contributed by atoms with van der Waals surface area (Å²) in [6.07, 6.45) is 0.277. The summed E-state index contributed by atoms with van der Waals surface area (Å²) in [4.78, 5) is 35.2. The second-order valence-electron chi connectivity index (χ2n) is 7.14. The van der Waals surface area contributed by atoms with Crippen molar-refractivity contribution in [1.29, 1.82) is 0 Å². The second kappa shape index (κ2) is 12.0. The van der Waals surface area contributed by atoms with Crippen LogP contribution in [0, 0.1) is 10.1 Å². The molecule has 0 spiro atoms. The Morgan fingerprint density at radius 3 is 2.50 bits per heavy atom. The first kappa shape index (κ1) is 26.5. The van der Waals surface area contributed by atoms with Crippen LogP contribution in [0.4, 0.5) is 5.69 Å². The van der Waals surface area contributed by atoms with E-state index in [0.29, 0.717) is 10.6 Å². The second-order valence-corrected chi connectivity index (χ2v) is 7.99. The van der Waals surface area contributed by atoms with E-state index in [4.69, 9.17) is 37.4 Å². The number of nitro groups is 1. The van der Waals surface area contributed by atoms with E-state index in [-0.39, 0.29) is 33.5 Å². The molecule has 0 unspecified atom stereocenters. The minimum atomic E-state index is -1.06. The van der Waals surface area contributed by atoms with Crippen LogP contribution in [-0.2, 0) is 4.79 Å². The first-order valence-corrected chi connectivity index (χ1v) is 11.0. The van der Waals surface area contributed by atoms with Gasteiger partial charge in [-0.15, -0.1) is 0 Å². The number of halogens is 2. The Morgan fingerprint density at radius 1 is 1.06 bits per heavy atom. The molecule has 0 saturated heterocycles. The third-order valence-electron chi connectivity index (χ3n) is 4.66. The number of nitro benzene ring substituents is 1. The number of methoxy groups -OCH3 is 1. The van der Waals surface area contributed by atoms with Crippen molar-refractivity contribution in [2.24, 2.45) is 5.10 Å². The Balaban J connectivity index is 1.63. The molecular weight excluding hydrogens is 513 g/mol. The lowest BCUT2D eigenvalue weighted by Gasteiger charge is -2.13. The highest BCUT2D eigenvalue weighted by Crippen LogP contribution is 2.30. The van der Waals surface area contributed by atoms with Crippen molar-refractivity contribution in [3.63, 3.8) is 0 Å². The molecule has 10 nitrogen and oxygen atoms in total. The van der Waals surface area contributed by atoms with E-state index >= 15 is 0 Å². The molecular formula is C24H19Cl2N3O7. The van der Waals surface area contributed by atoms with Gasteiger partial charge in [-0.3, -0.25) is 14.9 Å². The van der Waals surface area contributed by atoms with Crippen LogP contribution in [-0.4, -0.2) is 36.2 Å². The van der Waals surface area contributed by atoms with Gasteiger partial charge in [-0.25, -0.2) is 10.2 Å². The zero-order valence-corrected chi connectivity index (χ0v) is 20.4. The van der Waals surface area contributed by atoms with E-state index in [0.717, 1.165) is 0 Å². The number of hydrogen-bond acceptors (Lipinski definition) is 8. The quantitative estimate of drug-likeness (QED) is 0.134. The predicted molar refractivity (Wildman–Crippen MR) is 133 cm³/mol. The highest BCUT2D eigenvalue weighted by Gasteiger charge is 2.20. The Hall–Kier alpha value is -4.15. The van der Waals surface area contributed by atoms with Crippen molar-refractivity contribution in [2.45, 2.75) is 13.0 Å². The smallest absolute Gasteiger partial charge is 0.345 e. The number of rotatable bonds is 9. The topological polar surface area (TPSA) is 129 Å². The maximum atomic E-state index is 12.5. The van der Waals surface area contributed by atoms with E-state index in [1.807, 2.05) is 0 Å². The Morgan fingerprint density at radius 2 is 1.81 bits per heavy atom. The van der Waals surface area contributed by atoms with Crippen molar-refractivity contribution in [3.8, 4) is 17.2 Å². The van der Waals surface area contributed by atoms with Crippen LogP contribution in [0.25, 0.3) is 0 Å². The summed E-state index contributed by atoms with van der Waals surface area (Å²) < 4.78 is 16.1. The minimum Gasteiger partial charge on any atom is -0.493 e. The van der Waals surface area contributed by atoms with E-state index < -0.39 is 22.9 Å². The van der Waals surface area contributed by atoms with Crippen LogP contribution >= 0.6 is 23.2 Å². The molecule has 12 heteroatoms. The predicted octanol–water partition coefficient (Wildman–Crippen LogP) is 5.05. The van der Waals surface area contributed by atoms with Crippen molar-refractivity contribution in [1.82, 2.24) is 5.43 Å². The lowest BCUT2D eigenvalue weighted by atomic mass is 10.2. The third kappa shape index (κ3) is 6.71. The van der Waals surface area contributed by atoms with Crippen molar-refractivity contribution < 1.29 is 28.7 Å². The largest absolute Gasteiger partial charge is 0.493 e. The molecule has 0 aliphatic carbocycles. The average Bonchev–Trinajstić information content (AvgIpc) is 2.84. The molecule has 0 saturated carbocycles. The molecule has 0 heterocycles. The molecule has 0 bridgehead atoms. The number of amides is 1. The minimum absolute atomic E-state index is 0.0381. The molecule has 3 rings (SSSR count). The van der Waals surface area contributed by atoms with E-state index in [1.165, 1.54) is 68.8 Å². The molecule has 3 aromatic carbocycles. The monoisotopic (exact) mass is 531 g/mol. The van der Waals surface area contributed by atoms with Crippen LogP contribution in [0.2, 0.25) is 10.0 Å². The lowest BCUT2D eigenvalue weighted by Crippen LogP contribution is -2.33. The van der Waals surface area contributed by atoms with Gasteiger partial charge in [0.25, 0.3) is 5.91 Å². The van der Waals surface area contributed by atoms with Gasteiger partial charge in [0.1, 0.15) is 0 Å². The number of ether oxygens (including phenoxy) is 3. The first-order valence-electron chi connectivity index (χ1n) is 10.3. The van der Waals surface area contributed by atoms with E-state index in [9.17, 15) is 19.7 Å². The van der Waals surface area contributed by atoms with Gasteiger partial charge in [0.15, 0.2) is 23.4 Å². The first-order chi connectivity index (χ1) is 17.2. The number of carbonyl (C=O) groups is 2. The van der Waals surface area contributed by atoms with Crippen molar-refractivity contribution >= 4 is 47.0 Å². The van der Waals surface area contributed by atoms with Crippen molar-refractivity contribution in [2.75, 3.05) is 7.11 Å². The Kier molecular flexibility index (Phi) is 8.82. The summed E-state index contributed by atoms with van der Waals surface area (Å²) in [6, 6.07) is 14.7. The molecule has 1 amide bonds. The molecule has 1 N–H and O–H groups in total. The van der Waals surface area contributed by atoms with E-state index in [2.05, 4.69) is 10.5 Å². The summed E-state index contributed by atoms with van der Waals surface area (Å²) in [5, 5.41) is 15.5. The number of hydrazone groups is 1. The molecule has 0 aromatic heterocycles. The molecule has 0 fully saturated rings. The van der Waals surface area contributed by atoms with Crippen LogP contribution < -0.4 is 19.6 Å². The molecule has 0 aliphatic heterocycles. The Labute approximate surface area is 215 Å². The van der Waals surface area contributed by atoms with Gasteiger partial charge in [0.05, 0.1) is 28.8 Å². The van der Waals surface area contributed by atoms with Gasteiger partial charge in [0, 0.05) is 11.1 Å². The summed E-state index contributed by atoms with van der Waals surface area (Å²) in [7, 11) is 1.40. The summed E-state index contributed by atoms with van der Waals surface area (Å²) in [6.45, 7) is 1.43. The standard InChI is InChI=1S/C24H19Cl2N3O7/c1-14(35-20-6-4-3-5-19(20)29(32)33)23(30)28-27-13-15-7-10-21(22(11-15)34-2)36-24(31)17-9-8-16(25)12-18(17)26/h3-14H,1-2H3,(H,28,30)/b27-13-/t14-/m1/s1. The van der Waals surface area contributed by atoms with Crippen LogP contribution in [0.5, 0.6) is 17.2 Å². The number of benzene rings is 3. The molecule has 186 valence electrons. The maximum Gasteiger partial charge on any atom is 0.345 e. The highest BCUT2D eigenvalue weighted by atomic mass is 35.5. The summed E-state index contributed by atoms with van der Waals surface area (Å²) in [5.74, 6) is -0.986. The van der Waals surface area contributed by atoms with Gasteiger partial charge < -0.3 is 14.2 Å². The number of para-hydroxylation sites is 2. The van der Waals surface area contributed by atoms with Crippen LogP contribution in [0.15, 0.2) is 65.8 Å². The van der Waals surface area contributed by atoms with Gasteiger partial charge in [-0.05, 0) is 55.0 Å². The molecule has 36 heavy (non-hydrogen) atoms.